The molecule has 1 N–H and O–H groups in total. The Hall–Kier alpha value is -3.38. The number of nitrogens with one attached hydrogen (secondary N) is 1. The molecule has 0 spiro atoms. The van der Waals surface area contributed by atoms with Crippen molar-refractivity contribution in [2.45, 2.75) is 18.9 Å². The maximum Gasteiger partial charge on any atom is 0.292 e. The smallest absolute Gasteiger partial charge is 0.292 e. The Balaban J connectivity index is 1.61. The summed E-state index contributed by atoms with van der Waals surface area (Å²) in [5, 5.41) is 15.3. The first-order valence-electron chi connectivity index (χ1n) is 11.1. The zero-order valence-corrected chi connectivity index (χ0v) is 18.5. The minimum atomic E-state index is -0.293. The van der Waals surface area contributed by atoms with Gasteiger partial charge in [-0.05, 0) is 43.1 Å². The second kappa shape index (κ2) is 10.3. The number of piperazine rings is 1. The van der Waals surface area contributed by atoms with Crippen LogP contribution in [0.2, 0.25) is 0 Å². The van der Waals surface area contributed by atoms with E-state index in [1.54, 1.807) is 6.07 Å². The van der Waals surface area contributed by atoms with Crippen molar-refractivity contribution in [2.24, 2.45) is 0 Å². The zero-order valence-electron chi connectivity index (χ0n) is 18.5. The second-order valence-electron chi connectivity index (χ2n) is 8.47. The maximum absolute atomic E-state index is 11.8. The Morgan fingerprint density at radius 3 is 1.97 bits per heavy atom. The molecular formula is C26H30N4O2. The Bertz CT molecular complexity index is 977. The van der Waals surface area contributed by atoms with Gasteiger partial charge in [0.2, 0.25) is 0 Å². The van der Waals surface area contributed by atoms with Crippen LogP contribution < -0.4 is 10.2 Å². The number of nitro benzene ring substituents is 1. The summed E-state index contributed by atoms with van der Waals surface area (Å²) in [6, 6.07) is 26.1. The van der Waals surface area contributed by atoms with Gasteiger partial charge in [0, 0.05) is 44.0 Å². The van der Waals surface area contributed by atoms with Gasteiger partial charge in [-0.25, -0.2) is 0 Å². The molecule has 3 aromatic rings. The first-order chi connectivity index (χ1) is 15.6. The van der Waals surface area contributed by atoms with Gasteiger partial charge < -0.3 is 15.1 Å². The molecule has 0 unspecified atom stereocenters. The summed E-state index contributed by atoms with van der Waals surface area (Å²) in [6.45, 7) is 3.82. The topological polar surface area (TPSA) is 61.7 Å². The standard InChI is InChI=1S/C26H30N4O2/c1-28-14-16-29(17-15-28)24-12-13-26(30(31)32)25(20-24)27-23(18-21-8-4-2-5-9-21)19-22-10-6-3-7-11-22/h2-13,20,23,27H,14-19H2,1H3. The molecule has 3 aromatic carbocycles. The number of anilines is 2. The van der Waals surface area contributed by atoms with E-state index in [4.69, 9.17) is 0 Å². The van der Waals surface area contributed by atoms with E-state index in [2.05, 4.69) is 46.4 Å². The maximum atomic E-state index is 11.8. The summed E-state index contributed by atoms with van der Waals surface area (Å²) in [5.74, 6) is 0. The molecule has 32 heavy (non-hydrogen) atoms. The summed E-state index contributed by atoms with van der Waals surface area (Å²) in [6.07, 6.45) is 1.57. The largest absolute Gasteiger partial charge is 0.376 e. The highest BCUT2D eigenvalue weighted by Gasteiger charge is 2.21. The quantitative estimate of drug-likeness (QED) is 0.418. The molecule has 1 fully saturated rings. The van der Waals surface area contributed by atoms with Crippen molar-refractivity contribution in [1.29, 1.82) is 0 Å². The highest BCUT2D eigenvalue weighted by Crippen LogP contribution is 2.31. The van der Waals surface area contributed by atoms with E-state index in [1.165, 1.54) is 11.1 Å². The van der Waals surface area contributed by atoms with Crippen molar-refractivity contribution in [3.8, 4) is 0 Å². The molecule has 1 aliphatic heterocycles. The average Bonchev–Trinajstić information content (AvgIpc) is 2.81. The summed E-state index contributed by atoms with van der Waals surface area (Å²) in [5.41, 5.74) is 4.15. The van der Waals surface area contributed by atoms with Crippen LogP contribution in [0.25, 0.3) is 0 Å². The van der Waals surface area contributed by atoms with Crippen molar-refractivity contribution in [3.05, 3.63) is 100 Å². The van der Waals surface area contributed by atoms with Crippen molar-refractivity contribution in [2.75, 3.05) is 43.4 Å². The minimum absolute atomic E-state index is 0.0289. The molecule has 1 heterocycles. The molecule has 0 atom stereocenters. The molecule has 166 valence electrons. The molecule has 0 bridgehead atoms. The molecular weight excluding hydrogens is 400 g/mol. The van der Waals surface area contributed by atoms with Crippen LogP contribution in [0, 0.1) is 10.1 Å². The van der Waals surface area contributed by atoms with Crippen LogP contribution in [0.3, 0.4) is 0 Å². The van der Waals surface area contributed by atoms with Gasteiger partial charge in [0.1, 0.15) is 5.69 Å². The third-order valence-corrected chi connectivity index (χ3v) is 6.05. The third kappa shape index (κ3) is 5.65. The highest BCUT2D eigenvalue weighted by atomic mass is 16.6. The fourth-order valence-electron chi connectivity index (χ4n) is 4.25. The van der Waals surface area contributed by atoms with Gasteiger partial charge >= 0.3 is 0 Å². The lowest BCUT2D eigenvalue weighted by atomic mass is 9.98. The molecule has 0 radical (unpaired) electrons. The first kappa shape index (κ1) is 21.8. The van der Waals surface area contributed by atoms with Gasteiger partial charge in [0.25, 0.3) is 5.69 Å². The monoisotopic (exact) mass is 430 g/mol. The van der Waals surface area contributed by atoms with Gasteiger partial charge in [0.15, 0.2) is 0 Å². The molecule has 6 heteroatoms. The van der Waals surface area contributed by atoms with Crippen LogP contribution in [0.15, 0.2) is 78.9 Å². The predicted octanol–water partition coefficient (Wildman–Crippen LogP) is 4.61. The molecule has 0 amide bonds. The second-order valence-corrected chi connectivity index (χ2v) is 8.47. The molecule has 1 aliphatic rings. The van der Waals surface area contributed by atoms with Crippen molar-refractivity contribution in [3.63, 3.8) is 0 Å². The van der Waals surface area contributed by atoms with E-state index in [-0.39, 0.29) is 16.7 Å². The number of hydrogen-bond donors (Lipinski definition) is 1. The summed E-state index contributed by atoms with van der Waals surface area (Å²) in [4.78, 5) is 16.1. The minimum Gasteiger partial charge on any atom is -0.376 e. The molecule has 0 aliphatic carbocycles. The third-order valence-electron chi connectivity index (χ3n) is 6.05. The van der Waals surface area contributed by atoms with Gasteiger partial charge in [0.05, 0.1) is 4.92 Å². The molecule has 0 saturated carbocycles. The lowest BCUT2D eigenvalue weighted by molar-refractivity contribution is -0.384. The molecule has 6 nitrogen and oxygen atoms in total. The number of rotatable bonds is 8. The number of benzene rings is 3. The van der Waals surface area contributed by atoms with Crippen molar-refractivity contribution >= 4 is 17.1 Å². The zero-order chi connectivity index (χ0) is 22.3. The van der Waals surface area contributed by atoms with E-state index in [9.17, 15) is 10.1 Å². The fraction of sp³-hybridized carbons (Fsp3) is 0.308. The van der Waals surface area contributed by atoms with Crippen LogP contribution in [0.4, 0.5) is 17.1 Å². The normalized spacial score (nSPS) is 14.5. The van der Waals surface area contributed by atoms with Crippen molar-refractivity contribution in [1.82, 2.24) is 4.90 Å². The van der Waals surface area contributed by atoms with E-state index in [1.807, 2.05) is 48.5 Å². The van der Waals surface area contributed by atoms with E-state index in [0.717, 1.165) is 44.7 Å². The summed E-state index contributed by atoms with van der Waals surface area (Å²) in [7, 11) is 2.12. The van der Waals surface area contributed by atoms with E-state index in [0.29, 0.717) is 5.69 Å². The van der Waals surface area contributed by atoms with Crippen LogP contribution in [-0.2, 0) is 12.8 Å². The Labute approximate surface area is 189 Å². The molecule has 4 rings (SSSR count). The first-order valence-corrected chi connectivity index (χ1v) is 11.1. The van der Waals surface area contributed by atoms with Gasteiger partial charge in [-0.2, -0.15) is 0 Å². The number of nitrogens with zero attached hydrogens (tertiary/aromatic N) is 3. The van der Waals surface area contributed by atoms with Crippen LogP contribution in [0.1, 0.15) is 11.1 Å². The van der Waals surface area contributed by atoms with E-state index >= 15 is 0 Å². The lowest BCUT2D eigenvalue weighted by Gasteiger charge is -2.34. The number of nitro groups is 1. The average molecular weight is 431 g/mol. The predicted molar refractivity (Wildman–Crippen MR) is 131 cm³/mol. The summed E-state index contributed by atoms with van der Waals surface area (Å²) < 4.78 is 0. The van der Waals surface area contributed by atoms with Crippen LogP contribution in [-0.4, -0.2) is 49.1 Å². The number of hydrogen-bond acceptors (Lipinski definition) is 5. The Kier molecular flexibility index (Phi) is 7.02. The fourth-order valence-corrected chi connectivity index (χ4v) is 4.25. The molecule has 0 aromatic heterocycles. The summed E-state index contributed by atoms with van der Waals surface area (Å²) >= 11 is 0. The SMILES string of the molecule is CN1CCN(c2ccc([N+](=O)[O-])c(NC(Cc3ccccc3)Cc3ccccc3)c2)CC1. The van der Waals surface area contributed by atoms with Crippen LogP contribution >= 0.6 is 0 Å². The highest BCUT2D eigenvalue weighted by molar-refractivity contribution is 5.69. The van der Waals surface area contributed by atoms with Gasteiger partial charge in [-0.15, -0.1) is 0 Å². The Morgan fingerprint density at radius 1 is 0.875 bits per heavy atom. The van der Waals surface area contributed by atoms with Crippen molar-refractivity contribution < 1.29 is 4.92 Å². The Morgan fingerprint density at radius 2 is 1.44 bits per heavy atom. The van der Waals surface area contributed by atoms with Crippen LogP contribution in [0.5, 0.6) is 0 Å². The lowest BCUT2D eigenvalue weighted by Crippen LogP contribution is -2.44. The van der Waals surface area contributed by atoms with Gasteiger partial charge in [-0.1, -0.05) is 60.7 Å². The van der Waals surface area contributed by atoms with E-state index < -0.39 is 0 Å². The molecule has 1 saturated heterocycles. The number of likely N-dealkylation sites (N-methyl/N-ethyl adjacent to an activating group) is 1. The van der Waals surface area contributed by atoms with Gasteiger partial charge in [-0.3, -0.25) is 10.1 Å².